The second-order valence-electron chi connectivity index (χ2n) is 15.9. The van der Waals surface area contributed by atoms with Gasteiger partial charge in [-0.1, -0.05) is 48.4 Å². The number of likely N-dealkylation sites (tertiary alicyclic amines) is 2. The summed E-state index contributed by atoms with van der Waals surface area (Å²) in [6.45, 7) is 17.0. The van der Waals surface area contributed by atoms with Gasteiger partial charge < -0.3 is 23.8 Å². The number of morpholine rings is 1. The quantitative estimate of drug-likeness (QED) is 0.110. The van der Waals surface area contributed by atoms with Crippen molar-refractivity contribution < 1.29 is 18.9 Å². The highest BCUT2D eigenvalue weighted by Gasteiger charge is 2.26. The second kappa shape index (κ2) is 20.0. The Morgan fingerprint density at radius 2 is 1.58 bits per heavy atom. The van der Waals surface area contributed by atoms with Crippen LogP contribution in [-0.2, 0) is 24.5 Å². The minimum absolute atomic E-state index is 0.282. The number of aromatic nitrogens is 1. The first-order valence-corrected chi connectivity index (χ1v) is 21.3. The van der Waals surface area contributed by atoms with Gasteiger partial charge in [0.05, 0.1) is 30.4 Å². The highest BCUT2D eigenvalue weighted by molar-refractivity contribution is 6.32. The van der Waals surface area contributed by atoms with Gasteiger partial charge in [0.1, 0.15) is 36.5 Å². The minimum atomic E-state index is 0.282. The zero-order chi connectivity index (χ0) is 39.6. The van der Waals surface area contributed by atoms with Crippen LogP contribution in [0.15, 0.2) is 67.0 Å². The number of ether oxygens (including phenoxy) is 4. The molecule has 0 bridgehead atoms. The molecule has 0 amide bonds. The van der Waals surface area contributed by atoms with Crippen LogP contribution in [0.3, 0.4) is 0 Å². The van der Waals surface area contributed by atoms with Gasteiger partial charge in [-0.2, -0.15) is 5.26 Å². The molecule has 0 aliphatic carbocycles. The molecule has 3 aromatic carbocycles. The van der Waals surface area contributed by atoms with E-state index in [-0.39, 0.29) is 6.61 Å². The molecular formula is C47H58ClN5O4. The lowest BCUT2D eigenvalue weighted by atomic mass is 9.93. The van der Waals surface area contributed by atoms with Crippen molar-refractivity contribution in [3.63, 3.8) is 0 Å². The largest absolute Gasteiger partial charge is 0.493 e. The number of nitriles is 1. The van der Waals surface area contributed by atoms with Crippen molar-refractivity contribution in [3.8, 4) is 34.4 Å². The standard InChI is InChI=1S/C47H58ClN5O4/c1-34-9-4-5-17-53(34)31-40-26-44(48)47(27-46(40)56-32-38-25-37(28-49)29-50-30-38)57-33-39-10-6-11-42(35(39)2)43-12-7-13-45(36(43)3)55-22-8-16-51-18-14-41(15-19-51)52-20-23-54-24-21-52/h6-7,10-13,25-27,29-30,34,41H,4-5,8-9,14-24,31-33H2,1-3H3/t34-/m1/s1. The first-order valence-electron chi connectivity index (χ1n) is 20.9. The highest BCUT2D eigenvalue weighted by Crippen LogP contribution is 2.37. The number of benzene rings is 3. The van der Waals surface area contributed by atoms with Crippen LogP contribution in [0.25, 0.3) is 11.1 Å². The third kappa shape index (κ3) is 10.7. The summed E-state index contributed by atoms with van der Waals surface area (Å²) in [7, 11) is 0. The normalized spacial score (nSPS) is 18.6. The van der Waals surface area contributed by atoms with Gasteiger partial charge in [0.25, 0.3) is 0 Å². The molecule has 0 saturated carbocycles. The predicted molar refractivity (Wildman–Crippen MR) is 226 cm³/mol. The van der Waals surface area contributed by atoms with Crippen LogP contribution >= 0.6 is 11.6 Å². The molecular weight excluding hydrogens is 734 g/mol. The summed E-state index contributed by atoms with van der Waals surface area (Å²) < 4.78 is 24.9. The maximum atomic E-state index is 9.38. The van der Waals surface area contributed by atoms with E-state index in [2.05, 4.69) is 82.9 Å². The number of piperidine rings is 2. The fourth-order valence-corrected chi connectivity index (χ4v) is 8.86. The van der Waals surface area contributed by atoms with Crippen molar-refractivity contribution in [1.82, 2.24) is 19.7 Å². The molecule has 3 fully saturated rings. The van der Waals surface area contributed by atoms with Crippen molar-refractivity contribution >= 4 is 11.6 Å². The van der Waals surface area contributed by atoms with Crippen LogP contribution in [0.2, 0.25) is 5.02 Å². The van der Waals surface area contributed by atoms with Gasteiger partial charge in [-0.25, -0.2) is 0 Å². The molecule has 9 nitrogen and oxygen atoms in total. The van der Waals surface area contributed by atoms with E-state index in [1.165, 1.54) is 32.1 Å². The van der Waals surface area contributed by atoms with Crippen LogP contribution < -0.4 is 14.2 Å². The summed E-state index contributed by atoms with van der Waals surface area (Å²) >= 11 is 6.95. The molecule has 3 aliphatic heterocycles. The van der Waals surface area contributed by atoms with Crippen molar-refractivity contribution in [1.29, 1.82) is 5.26 Å². The molecule has 4 aromatic rings. The predicted octanol–water partition coefficient (Wildman–Crippen LogP) is 8.99. The van der Waals surface area contributed by atoms with Gasteiger partial charge in [-0.3, -0.25) is 14.8 Å². The van der Waals surface area contributed by atoms with E-state index in [1.54, 1.807) is 12.4 Å². The van der Waals surface area contributed by atoms with E-state index in [9.17, 15) is 5.26 Å². The van der Waals surface area contributed by atoms with Gasteiger partial charge in [-0.15, -0.1) is 0 Å². The Labute approximate surface area is 344 Å². The lowest BCUT2D eigenvalue weighted by molar-refractivity contribution is 0.000617. The molecule has 0 radical (unpaired) electrons. The van der Waals surface area contributed by atoms with Crippen LogP contribution in [-0.4, -0.2) is 90.9 Å². The Hall–Kier alpha value is -4.17. The Kier molecular flexibility index (Phi) is 14.4. The zero-order valence-electron chi connectivity index (χ0n) is 34.0. The molecule has 0 unspecified atom stereocenters. The molecule has 1 aromatic heterocycles. The molecule has 1 atom stereocenters. The molecule has 302 valence electrons. The molecule has 0 spiro atoms. The highest BCUT2D eigenvalue weighted by atomic mass is 35.5. The summed E-state index contributed by atoms with van der Waals surface area (Å²) in [5.41, 5.74) is 8.07. The number of pyridine rings is 1. The summed E-state index contributed by atoms with van der Waals surface area (Å²) in [6.07, 6.45) is 10.4. The van der Waals surface area contributed by atoms with E-state index >= 15 is 0 Å². The van der Waals surface area contributed by atoms with Crippen molar-refractivity contribution in [2.75, 3.05) is 59.1 Å². The van der Waals surface area contributed by atoms with Gasteiger partial charge in [0, 0.05) is 67.8 Å². The smallest absolute Gasteiger partial charge is 0.142 e. The van der Waals surface area contributed by atoms with E-state index in [1.807, 2.05) is 18.2 Å². The van der Waals surface area contributed by atoms with Crippen LogP contribution in [0, 0.1) is 25.2 Å². The number of hydrogen-bond donors (Lipinski definition) is 0. The van der Waals surface area contributed by atoms with E-state index in [0.717, 1.165) is 116 Å². The van der Waals surface area contributed by atoms with Gasteiger partial charge in [0.2, 0.25) is 0 Å². The summed E-state index contributed by atoms with van der Waals surface area (Å²) in [4.78, 5) is 11.9. The third-order valence-electron chi connectivity index (χ3n) is 12.1. The Bertz CT molecular complexity index is 1990. The van der Waals surface area contributed by atoms with Crippen LogP contribution in [0.1, 0.15) is 78.8 Å². The van der Waals surface area contributed by atoms with Crippen molar-refractivity contribution in [3.05, 3.63) is 105 Å². The molecule has 10 heteroatoms. The molecule has 0 N–H and O–H groups in total. The number of rotatable bonds is 15. The molecule has 3 saturated heterocycles. The lowest BCUT2D eigenvalue weighted by Crippen LogP contribution is -2.49. The molecule has 3 aliphatic rings. The Morgan fingerprint density at radius 1 is 0.807 bits per heavy atom. The Balaban J connectivity index is 0.987. The summed E-state index contributed by atoms with van der Waals surface area (Å²) in [5.74, 6) is 2.23. The van der Waals surface area contributed by atoms with Crippen molar-refractivity contribution in [2.45, 2.75) is 91.1 Å². The van der Waals surface area contributed by atoms with Gasteiger partial charge in [0.15, 0.2) is 0 Å². The summed E-state index contributed by atoms with van der Waals surface area (Å²) in [6, 6.07) is 21.8. The summed E-state index contributed by atoms with van der Waals surface area (Å²) in [5, 5.41) is 9.94. The number of nitrogens with zero attached hydrogens (tertiary/aromatic N) is 5. The Morgan fingerprint density at radius 3 is 2.37 bits per heavy atom. The molecule has 7 rings (SSSR count). The molecule has 4 heterocycles. The first kappa shape index (κ1) is 41.0. The third-order valence-corrected chi connectivity index (χ3v) is 12.4. The topological polar surface area (TPSA) is 83.3 Å². The van der Waals surface area contributed by atoms with E-state index in [4.69, 9.17) is 30.5 Å². The second-order valence-corrected chi connectivity index (χ2v) is 16.3. The van der Waals surface area contributed by atoms with Gasteiger partial charge >= 0.3 is 0 Å². The minimum Gasteiger partial charge on any atom is -0.493 e. The van der Waals surface area contributed by atoms with Crippen LogP contribution in [0.5, 0.6) is 17.2 Å². The van der Waals surface area contributed by atoms with Crippen molar-refractivity contribution in [2.24, 2.45) is 0 Å². The first-order chi connectivity index (χ1) is 27.9. The fraction of sp³-hybridized carbons (Fsp3) is 0.489. The number of hydrogen-bond acceptors (Lipinski definition) is 9. The van der Waals surface area contributed by atoms with Crippen LogP contribution in [0.4, 0.5) is 0 Å². The SMILES string of the molecule is Cc1c(COc2cc(OCc3cncc(C#N)c3)c(CN3CCCC[C@H]3C)cc2Cl)cccc1-c1cccc(OCCCN2CCC(N3CCOCC3)CC2)c1C. The maximum absolute atomic E-state index is 9.38. The van der Waals surface area contributed by atoms with E-state index in [0.29, 0.717) is 41.6 Å². The monoisotopic (exact) mass is 791 g/mol. The van der Waals surface area contributed by atoms with E-state index < -0.39 is 0 Å². The zero-order valence-corrected chi connectivity index (χ0v) is 34.7. The lowest BCUT2D eigenvalue weighted by Gasteiger charge is -2.40. The van der Waals surface area contributed by atoms with Gasteiger partial charge in [-0.05, 0) is 119 Å². The maximum Gasteiger partial charge on any atom is 0.142 e. The molecule has 57 heavy (non-hydrogen) atoms. The number of halogens is 1. The fourth-order valence-electron chi connectivity index (χ4n) is 8.62. The average Bonchev–Trinajstić information content (AvgIpc) is 3.24. The average molecular weight is 792 g/mol.